The Hall–Kier alpha value is -1.45. The molecule has 0 radical (unpaired) electrons. The highest BCUT2D eigenvalue weighted by atomic mass is 35.5. The van der Waals surface area contributed by atoms with Crippen LogP contribution in [-0.4, -0.2) is 17.7 Å². The van der Waals surface area contributed by atoms with Crippen LogP contribution in [0.2, 0.25) is 5.02 Å². The molecule has 1 amide bonds. The number of amides is 1. The quantitative estimate of drug-likeness (QED) is 0.747. The Kier molecular flexibility index (Phi) is 4.22. The molecule has 0 aliphatic carbocycles. The van der Waals surface area contributed by atoms with Crippen molar-refractivity contribution in [3.05, 3.63) is 59.1 Å². The van der Waals surface area contributed by atoms with Gasteiger partial charge in [0.1, 0.15) is 0 Å². The highest BCUT2D eigenvalue weighted by Gasteiger charge is 2.24. The van der Waals surface area contributed by atoms with Crippen LogP contribution in [-0.2, 0) is 0 Å². The van der Waals surface area contributed by atoms with Gasteiger partial charge in [-0.05, 0) is 42.8 Å². The first-order chi connectivity index (χ1) is 10.1. The number of hydrogen-bond donors (Lipinski definition) is 0. The largest absolute Gasteiger partial charge is 0.307 e. The van der Waals surface area contributed by atoms with E-state index < -0.39 is 0 Å². The third-order valence-corrected chi connectivity index (χ3v) is 5.07. The average molecular weight is 318 g/mol. The first kappa shape index (κ1) is 14.5. The number of carbonyl (C=O) groups is 1. The standard InChI is InChI=1S/C17H16ClNOS/c1-12-10-11-19(15-4-2-3-5-16(15)21-12)17(20)13-6-8-14(18)9-7-13/h2-9,12H,10-11H2,1H3. The second-order valence-electron chi connectivity index (χ2n) is 5.15. The van der Waals surface area contributed by atoms with Gasteiger partial charge in [0, 0.05) is 27.3 Å². The molecule has 0 N–H and O–H groups in total. The Labute approximate surface area is 134 Å². The van der Waals surface area contributed by atoms with Crippen molar-refractivity contribution in [3.8, 4) is 0 Å². The lowest BCUT2D eigenvalue weighted by Crippen LogP contribution is -2.32. The van der Waals surface area contributed by atoms with Gasteiger partial charge in [0.25, 0.3) is 5.91 Å². The summed E-state index contributed by atoms with van der Waals surface area (Å²) in [6.07, 6.45) is 0.985. The molecule has 1 aliphatic rings. The number of para-hydroxylation sites is 1. The summed E-state index contributed by atoms with van der Waals surface area (Å²) in [5.74, 6) is 0.0359. The molecule has 3 rings (SSSR count). The fourth-order valence-corrected chi connectivity index (χ4v) is 3.68. The third-order valence-electron chi connectivity index (χ3n) is 3.58. The van der Waals surface area contributed by atoms with Crippen LogP contribution >= 0.6 is 23.4 Å². The van der Waals surface area contributed by atoms with Gasteiger partial charge in [-0.15, -0.1) is 11.8 Å². The zero-order valence-electron chi connectivity index (χ0n) is 11.8. The van der Waals surface area contributed by atoms with Gasteiger partial charge in [-0.1, -0.05) is 30.7 Å². The zero-order valence-corrected chi connectivity index (χ0v) is 13.3. The van der Waals surface area contributed by atoms with Crippen LogP contribution in [0.4, 0.5) is 5.69 Å². The molecule has 0 saturated carbocycles. The van der Waals surface area contributed by atoms with Crippen LogP contribution in [0.5, 0.6) is 0 Å². The maximum Gasteiger partial charge on any atom is 0.258 e. The summed E-state index contributed by atoms with van der Waals surface area (Å²) in [5.41, 5.74) is 1.68. The van der Waals surface area contributed by atoms with E-state index in [2.05, 4.69) is 13.0 Å². The van der Waals surface area contributed by atoms with Crippen LogP contribution in [0.25, 0.3) is 0 Å². The van der Waals surface area contributed by atoms with Gasteiger partial charge in [-0.2, -0.15) is 0 Å². The van der Waals surface area contributed by atoms with E-state index in [1.807, 2.05) is 34.9 Å². The summed E-state index contributed by atoms with van der Waals surface area (Å²) in [6, 6.07) is 15.2. The second-order valence-corrected chi connectivity index (χ2v) is 7.07. The van der Waals surface area contributed by atoms with E-state index in [9.17, 15) is 4.79 Å². The molecule has 0 aromatic heterocycles. The molecule has 2 aromatic rings. The fraction of sp³-hybridized carbons (Fsp3) is 0.235. The van der Waals surface area contributed by atoms with Crippen molar-refractivity contribution in [2.24, 2.45) is 0 Å². The first-order valence-corrected chi connectivity index (χ1v) is 8.24. The van der Waals surface area contributed by atoms with E-state index in [1.165, 1.54) is 4.90 Å². The van der Waals surface area contributed by atoms with Gasteiger partial charge < -0.3 is 4.90 Å². The SMILES string of the molecule is CC1CCN(C(=O)c2ccc(Cl)cc2)c2ccccc2S1. The van der Waals surface area contributed by atoms with E-state index in [4.69, 9.17) is 11.6 Å². The van der Waals surface area contributed by atoms with Crippen molar-refractivity contribution in [2.75, 3.05) is 11.4 Å². The molecule has 4 heteroatoms. The maximum absolute atomic E-state index is 12.8. The Morgan fingerprint density at radius 2 is 1.90 bits per heavy atom. The lowest BCUT2D eigenvalue weighted by atomic mass is 10.1. The van der Waals surface area contributed by atoms with Crippen LogP contribution in [0, 0.1) is 0 Å². The number of anilines is 1. The highest BCUT2D eigenvalue weighted by molar-refractivity contribution is 8.00. The van der Waals surface area contributed by atoms with Gasteiger partial charge >= 0.3 is 0 Å². The number of hydrogen-bond acceptors (Lipinski definition) is 2. The molecule has 1 aliphatic heterocycles. The Balaban J connectivity index is 1.97. The molecule has 0 fully saturated rings. The van der Waals surface area contributed by atoms with E-state index in [0.29, 0.717) is 15.8 Å². The van der Waals surface area contributed by atoms with Crippen LogP contribution in [0.3, 0.4) is 0 Å². The van der Waals surface area contributed by atoms with E-state index in [-0.39, 0.29) is 5.91 Å². The number of thioether (sulfide) groups is 1. The van der Waals surface area contributed by atoms with E-state index >= 15 is 0 Å². The Morgan fingerprint density at radius 1 is 1.19 bits per heavy atom. The molecular formula is C17H16ClNOS. The zero-order chi connectivity index (χ0) is 14.8. The molecule has 108 valence electrons. The number of rotatable bonds is 1. The van der Waals surface area contributed by atoms with Gasteiger partial charge in [-0.3, -0.25) is 4.79 Å². The molecule has 0 bridgehead atoms. The predicted molar refractivity (Wildman–Crippen MR) is 89.5 cm³/mol. The van der Waals surface area contributed by atoms with Crippen LogP contribution < -0.4 is 4.90 Å². The Morgan fingerprint density at radius 3 is 2.67 bits per heavy atom. The number of carbonyl (C=O) groups excluding carboxylic acids is 1. The molecule has 2 aromatic carbocycles. The van der Waals surface area contributed by atoms with Gasteiger partial charge in [-0.25, -0.2) is 0 Å². The molecule has 1 unspecified atom stereocenters. The topological polar surface area (TPSA) is 20.3 Å². The lowest BCUT2D eigenvalue weighted by Gasteiger charge is -2.22. The van der Waals surface area contributed by atoms with Crippen molar-refractivity contribution in [1.29, 1.82) is 0 Å². The number of benzene rings is 2. The maximum atomic E-state index is 12.8. The molecule has 2 nitrogen and oxygen atoms in total. The smallest absolute Gasteiger partial charge is 0.258 e. The molecule has 0 spiro atoms. The van der Waals surface area contributed by atoms with Crippen molar-refractivity contribution >= 4 is 35.0 Å². The first-order valence-electron chi connectivity index (χ1n) is 6.98. The van der Waals surface area contributed by atoms with Crippen LogP contribution in [0.1, 0.15) is 23.7 Å². The summed E-state index contributed by atoms with van der Waals surface area (Å²) in [4.78, 5) is 15.9. The summed E-state index contributed by atoms with van der Waals surface area (Å²) in [5, 5.41) is 1.15. The highest BCUT2D eigenvalue weighted by Crippen LogP contribution is 2.37. The molecule has 1 atom stereocenters. The summed E-state index contributed by atoms with van der Waals surface area (Å²) >= 11 is 7.74. The monoisotopic (exact) mass is 317 g/mol. The van der Waals surface area contributed by atoms with Crippen molar-refractivity contribution < 1.29 is 4.79 Å². The summed E-state index contributed by atoms with van der Waals surface area (Å²) in [7, 11) is 0. The molecule has 21 heavy (non-hydrogen) atoms. The van der Waals surface area contributed by atoms with E-state index in [1.54, 1.807) is 24.3 Å². The summed E-state index contributed by atoms with van der Waals surface area (Å²) in [6.45, 7) is 2.95. The van der Waals surface area contributed by atoms with Crippen molar-refractivity contribution in [3.63, 3.8) is 0 Å². The van der Waals surface area contributed by atoms with Crippen LogP contribution in [0.15, 0.2) is 53.4 Å². The van der Waals surface area contributed by atoms with E-state index in [0.717, 1.165) is 18.7 Å². The third kappa shape index (κ3) is 3.09. The fourth-order valence-electron chi connectivity index (χ4n) is 2.45. The van der Waals surface area contributed by atoms with Gasteiger partial charge in [0.05, 0.1) is 5.69 Å². The molecule has 1 heterocycles. The van der Waals surface area contributed by atoms with Crippen molar-refractivity contribution in [2.45, 2.75) is 23.5 Å². The average Bonchev–Trinajstić information content (AvgIpc) is 2.65. The minimum atomic E-state index is 0.0359. The Bertz CT molecular complexity index is 656. The lowest BCUT2D eigenvalue weighted by molar-refractivity contribution is 0.0986. The van der Waals surface area contributed by atoms with Crippen molar-refractivity contribution in [1.82, 2.24) is 0 Å². The molecule has 0 saturated heterocycles. The molecular weight excluding hydrogens is 302 g/mol. The minimum absolute atomic E-state index is 0.0359. The normalized spacial score (nSPS) is 18.0. The summed E-state index contributed by atoms with van der Waals surface area (Å²) < 4.78 is 0. The van der Waals surface area contributed by atoms with Gasteiger partial charge in [0.15, 0.2) is 0 Å². The predicted octanol–water partition coefficient (Wildman–Crippen LogP) is 4.87. The minimum Gasteiger partial charge on any atom is -0.307 e. The number of nitrogens with zero attached hydrogens (tertiary/aromatic N) is 1. The second kappa shape index (κ2) is 6.12. The number of fused-ring (bicyclic) bond motifs is 1. The van der Waals surface area contributed by atoms with Gasteiger partial charge in [0.2, 0.25) is 0 Å². The number of halogens is 1.